The Morgan fingerprint density at radius 2 is 2.18 bits per heavy atom. The number of aryl methyl sites for hydroxylation is 2. The minimum Gasteiger partial charge on any atom is -0.494 e. The van der Waals surface area contributed by atoms with E-state index in [1.54, 1.807) is 4.68 Å². The molecule has 0 amide bonds. The van der Waals surface area contributed by atoms with Crippen molar-refractivity contribution in [2.24, 2.45) is 5.92 Å². The summed E-state index contributed by atoms with van der Waals surface area (Å²) in [5.74, 6) is 1.44. The minimum atomic E-state index is -0.751. The largest absolute Gasteiger partial charge is 0.494 e. The first-order valence-electron chi connectivity index (χ1n) is 7.55. The van der Waals surface area contributed by atoms with Crippen molar-refractivity contribution in [3.8, 4) is 5.75 Å². The first-order valence-corrected chi connectivity index (χ1v) is 7.55. The molecule has 0 saturated carbocycles. The fraction of sp³-hybridized carbons (Fsp3) is 0.438. The molecule has 0 fully saturated rings. The summed E-state index contributed by atoms with van der Waals surface area (Å²) in [6.07, 6.45) is 2.90. The van der Waals surface area contributed by atoms with Crippen LogP contribution in [0.5, 0.6) is 5.75 Å². The SMILES string of the molecule is O=C(O)C1CCc2nc(CCCOc3ccccc3)nn2C1. The predicted octanol–water partition coefficient (Wildman–Crippen LogP) is 1.94. The van der Waals surface area contributed by atoms with Crippen molar-refractivity contribution in [2.45, 2.75) is 32.2 Å². The van der Waals surface area contributed by atoms with Crippen LogP contribution in [0.2, 0.25) is 0 Å². The van der Waals surface area contributed by atoms with E-state index in [1.807, 2.05) is 30.3 Å². The highest BCUT2D eigenvalue weighted by Crippen LogP contribution is 2.19. The lowest BCUT2D eigenvalue weighted by Crippen LogP contribution is -2.27. The third-order valence-electron chi connectivity index (χ3n) is 3.81. The minimum absolute atomic E-state index is 0.344. The van der Waals surface area contributed by atoms with Crippen LogP contribution in [0, 0.1) is 5.92 Å². The Morgan fingerprint density at radius 3 is 2.95 bits per heavy atom. The lowest BCUT2D eigenvalue weighted by molar-refractivity contribution is -0.142. The van der Waals surface area contributed by atoms with Crippen molar-refractivity contribution in [1.29, 1.82) is 0 Å². The number of aromatic nitrogens is 3. The lowest BCUT2D eigenvalue weighted by Gasteiger charge is -2.18. The smallest absolute Gasteiger partial charge is 0.308 e. The van der Waals surface area contributed by atoms with E-state index in [0.29, 0.717) is 26.0 Å². The van der Waals surface area contributed by atoms with Gasteiger partial charge in [-0.1, -0.05) is 18.2 Å². The first-order chi connectivity index (χ1) is 10.7. The molecule has 1 aromatic carbocycles. The maximum Gasteiger partial charge on any atom is 0.308 e. The summed E-state index contributed by atoms with van der Waals surface area (Å²) in [7, 11) is 0. The first kappa shape index (κ1) is 14.6. The van der Waals surface area contributed by atoms with E-state index in [9.17, 15) is 4.79 Å². The van der Waals surface area contributed by atoms with Gasteiger partial charge < -0.3 is 9.84 Å². The number of carboxylic acids is 1. The standard InChI is InChI=1S/C16H19N3O3/c20-16(21)12-8-9-15-17-14(18-19(15)11-12)7-4-10-22-13-5-2-1-3-6-13/h1-3,5-6,12H,4,7-11H2,(H,20,21). The van der Waals surface area contributed by atoms with Crippen molar-refractivity contribution in [3.05, 3.63) is 42.0 Å². The summed E-state index contributed by atoms with van der Waals surface area (Å²) in [5, 5.41) is 13.5. The molecule has 0 spiro atoms. The number of fused-ring (bicyclic) bond motifs is 1. The van der Waals surface area contributed by atoms with Gasteiger partial charge in [0, 0.05) is 12.8 Å². The average molecular weight is 301 g/mol. The molecule has 2 aromatic rings. The number of ether oxygens (including phenoxy) is 1. The molecule has 0 aliphatic carbocycles. The molecule has 1 aliphatic heterocycles. The third kappa shape index (κ3) is 3.44. The van der Waals surface area contributed by atoms with Crippen LogP contribution in [0.15, 0.2) is 30.3 Å². The molecule has 1 atom stereocenters. The molecule has 6 nitrogen and oxygen atoms in total. The Balaban J connectivity index is 1.49. The predicted molar refractivity (Wildman–Crippen MR) is 79.7 cm³/mol. The Morgan fingerprint density at radius 1 is 1.36 bits per heavy atom. The number of hydrogen-bond acceptors (Lipinski definition) is 4. The van der Waals surface area contributed by atoms with E-state index in [4.69, 9.17) is 9.84 Å². The van der Waals surface area contributed by atoms with Gasteiger partial charge in [0.25, 0.3) is 0 Å². The van der Waals surface area contributed by atoms with Crippen molar-refractivity contribution in [2.75, 3.05) is 6.61 Å². The molecule has 1 aromatic heterocycles. The molecule has 6 heteroatoms. The van der Waals surface area contributed by atoms with Gasteiger partial charge in [-0.05, 0) is 25.0 Å². The normalized spacial score (nSPS) is 17.0. The molecule has 3 rings (SSSR count). The van der Waals surface area contributed by atoms with Gasteiger partial charge in [0.2, 0.25) is 0 Å². The molecule has 0 radical (unpaired) electrons. The van der Waals surface area contributed by atoms with Crippen molar-refractivity contribution < 1.29 is 14.6 Å². The monoisotopic (exact) mass is 301 g/mol. The van der Waals surface area contributed by atoms with Crippen LogP contribution in [-0.2, 0) is 24.2 Å². The van der Waals surface area contributed by atoms with Gasteiger partial charge in [-0.15, -0.1) is 0 Å². The zero-order valence-corrected chi connectivity index (χ0v) is 12.3. The highest BCUT2D eigenvalue weighted by Gasteiger charge is 2.26. The number of carboxylic acid groups (broad SMARTS) is 1. The van der Waals surface area contributed by atoms with E-state index >= 15 is 0 Å². The van der Waals surface area contributed by atoms with Gasteiger partial charge in [0.05, 0.1) is 19.1 Å². The second kappa shape index (κ2) is 6.60. The van der Waals surface area contributed by atoms with E-state index in [1.165, 1.54) is 0 Å². The molecule has 1 N–H and O–H groups in total. The number of aliphatic carboxylic acids is 1. The Labute approximate surface area is 128 Å². The second-order valence-corrected chi connectivity index (χ2v) is 5.47. The number of para-hydroxylation sites is 1. The lowest BCUT2D eigenvalue weighted by atomic mass is 10.0. The van der Waals surface area contributed by atoms with Gasteiger partial charge in [0.15, 0.2) is 5.82 Å². The second-order valence-electron chi connectivity index (χ2n) is 5.47. The number of hydrogen-bond donors (Lipinski definition) is 1. The fourth-order valence-corrected chi connectivity index (χ4v) is 2.61. The summed E-state index contributed by atoms with van der Waals surface area (Å²) in [6.45, 7) is 1.05. The van der Waals surface area contributed by atoms with Crippen LogP contribution in [0.1, 0.15) is 24.5 Å². The quantitative estimate of drug-likeness (QED) is 0.825. The maximum absolute atomic E-state index is 11.0. The number of benzene rings is 1. The van der Waals surface area contributed by atoms with Crippen LogP contribution < -0.4 is 4.74 Å². The molecular weight excluding hydrogens is 282 g/mol. The summed E-state index contributed by atoms with van der Waals surface area (Å²) < 4.78 is 7.38. The van der Waals surface area contributed by atoms with Gasteiger partial charge >= 0.3 is 5.97 Å². The summed E-state index contributed by atoms with van der Waals surface area (Å²) in [5.41, 5.74) is 0. The maximum atomic E-state index is 11.0. The Bertz CT molecular complexity index is 639. The highest BCUT2D eigenvalue weighted by atomic mass is 16.5. The third-order valence-corrected chi connectivity index (χ3v) is 3.81. The van der Waals surface area contributed by atoms with Crippen LogP contribution in [0.3, 0.4) is 0 Å². The van der Waals surface area contributed by atoms with Gasteiger partial charge in [-0.2, -0.15) is 5.10 Å². The van der Waals surface area contributed by atoms with Gasteiger partial charge in [-0.25, -0.2) is 9.67 Å². The van der Waals surface area contributed by atoms with Crippen LogP contribution in [0.4, 0.5) is 0 Å². The van der Waals surface area contributed by atoms with E-state index < -0.39 is 5.97 Å². The molecule has 1 aliphatic rings. The van der Waals surface area contributed by atoms with E-state index in [2.05, 4.69) is 10.1 Å². The Hall–Kier alpha value is -2.37. The average Bonchev–Trinajstić information content (AvgIpc) is 2.94. The van der Waals surface area contributed by atoms with Crippen LogP contribution >= 0.6 is 0 Å². The Kier molecular flexibility index (Phi) is 4.37. The van der Waals surface area contributed by atoms with Crippen LogP contribution in [0.25, 0.3) is 0 Å². The molecule has 22 heavy (non-hydrogen) atoms. The summed E-state index contributed by atoms with van der Waals surface area (Å²) >= 11 is 0. The van der Waals surface area contributed by atoms with Crippen LogP contribution in [-0.4, -0.2) is 32.4 Å². The topological polar surface area (TPSA) is 77.2 Å². The number of carbonyl (C=O) groups is 1. The van der Waals surface area contributed by atoms with Crippen molar-refractivity contribution in [1.82, 2.24) is 14.8 Å². The highest BCUT2D eigenvalue weighted by molar-refractivity contribution is 5.70. The van der Waals surface area contributed by atoms with Crippen molar-refractivity contribution in [3.63, 3.8) is 0 Å². The van der Waals surface area contributed by atoms with Gasteiger partial charge in [0.1, 0.15) is 11.6 Å². The van der Waals surface area contributed by atoms with Crippen molar-refractivity contribution >= 4 is 5.97 Å². The number of nitrogens with zero attached hydrogens (tertiary/aromatic N) is 3. The zero-order valence-electron chi connectivity index (χ0n) is 12.3. The summed E-state index contributed by atoms with van der Waals surface area (Å²) in [4.78, 5) is 15.5. The molecule has 0 saturated heterocycles. The number of rotatable bonds is 6. The molecule has 0 bridgehead atoms. The molecule has 2 heterocycles. The zero-order chi connectivity index (χ0) is 15.4. The van der Waals surface area contributed by atoms with E-state index in [0.717, 1.165) is 30.2 Å². The summed E-state index contributed by atoms with van der Waals surface area (Å²) in [6, 6.07) is 9.70. The molecular formula is C16H19N3O3. The molecule has 1 unspecified atom stereocenters. The molecule has 116 valence electrons. The van der Waals surface area contributed by atoms with E-state index in [-0.39, 0.29) is 5.92 Å². The van der Waals surface area contributed by atoms with Gasteiger partial charge in [-0.3, -0.25) is 4.79 Å². The fourth-order valence-electron chi connectivity index (χ4n) is 2.61.